The van der Waals surface area contributed by atoms with Gasteiger partial charge in [-0.05, 0) is 54.8 Å². The van der Waals surface area contributed by atoms with Crippen LogP contribution in [0.4, 0.5) is 0 Å². The summed E-state index contributed by atoms with van der Waals surface area (Å²) in [4.78, 5) is 31.2. The van der Waals surface area contributed by atoms with Gasteiger partial charge in [0, 0.05) is 31.2 Å². The maximum absolute atomic E-state index is 13.7. The Bertz CT molecular complexity index is 1260. The van der Waals surface area contributed by atoms with Crippen LogP contribution in [0.5, 0.6) is 0 Å². The van der Waals surface area contributed by atoms with Crippen LogP contribution in [-0.2, 0) is 4.74 Å². The lowest BCUT2D eigenvalue weighted by atomic mass is 9.97. The number of ether oxygens (including phenoxy) is 1. The molecule has 0 aliphatic carbocycles. The third kappa shape index (κ3) is 3.62. The van der Waals surface area contributed by atoms with E-state index in [-0.39, 0.29) is 17.1 Å². The number of hydrogen-bond acceptors (Lipinski definition) is 5. The molecule has 0 spiro atoms. The molecule has 1 aromatic heterocycles. The summed E-state index contributed by atoms with van der Waals surface area (Å²) in [5.41, 5.74) is 3.53. The Hall–Kier alpha value is -2.67. The Morgan fingerprint density at radius 3 is 2.53 bits per heavy atom. The van der Waals surface area contributed by atoms with E-state index in [4.69, 9.17) is 20.8 Å². The van der Waals surface area contributed by atoms with Crippen LogP contribution in [0, 0.1) is 13.8 Å². The summed E-state index contributed by atoms with van der Waals surface area (Å²) in [7, 11) is 0. The first-order valence-electron chi connectivity index (χ1n) is 10.9. The van der Waals surface area contributed by atoms with E-state index in [1.54, 1.807) is 11.0 Å². The molecular formula is C25H25ClN2O4. The number of rotatable bonds is 4. The minimum absolute atomic E-state index is 0.137. The molecule has 6 nitrogen and oxygen atoms in total. The van der Waals surface area contributed by atoms with E-state index in [0.717, 1.165) is 29.8 Å². The molecule has 2 aliphatic rings. The average Bonchev–Trinajstić information content (AvgIpc) is 3.06. The highest BCUT2D eigenvalue weighted by Crippen LogP contribution is 2.38. The molecule has 0 N–H and O–H groups in total. The van der Waals surface area contributed by atoms with Crippen molar-refractivity contribution in [1.82, 2.24) is 9.80 Å². The van der Waals surface area contributed by atoms with Gasteiger partial charge in [0.05, 0.1) is 30.2 Å². The second kappa shape index (κ2) is 8.35. The zero-order valence-corrected chi connectivity index (χ0v) is 18.9. The van der Waals surface area contributed by atoms with Crippen LogP contribution < -0.4 is 5.43 Å². The van der Waals surface area contributed by atoms with Crippen molar-refractivity contribution in [2.24, 2.45) is 0 Å². The summed E-state index contributed by atoms with van der Waals surface area (Å²) in [5, 5.41) is 1.06. The minimum Gasteiger partial charge on any atom is -0.450 e. The van der Waals surface area contributed by atoms with E-state index in [1.165, 1.54) is 0 Å². The highest BCUT2D eigenvalue weighted by Gasteiger charge is 2.42. The largest absolute Gasteiger partial charge is 0.450 e. The van der Waals surface area contributed by atoms with Crippen LogP contribution in [0.25, 0.3) is 11.0 Å². The van der Waals surface area contributed by atoms with Gasteiger partial charge in [0.15, 0.2) is 5.43 Å². The number of benzene rings is 2. The van der Waals surface area contributed by atoms with Gasteiger partial charge in [0.25, 0.3) is 5.91 Å². The highest BCUT2D eigenvalue weighted by molar-refractivity contribution is 6.30. The number of nitrogens with zero attached hydrogens (tertiary/aromatic N) is 2. The maximum Gasteiger partial charge on any atom is 0.290 e. The van der Waals surface area contributed by atoms with Gasteiger partial charge in [-0.15, -0.1) is 0 Å². The normalized spacial score (nSPS) is 19.0. The summed E-state index contributed by atoms with van der Waals surface area (Å²) >= 11 is 6.28. The average molecular weight is 453 g/mol. The molecule has 3 heterocycles. The zero-order chi connectivity index (χ0) is 22.4. The van der Waals surface area contributed by atoms with Crippen molar-refractivity contribution in [2.45, 2.75) is 19.9 Å². The molecule has 0 radical (unpaired) electrons. The number of carbonyl (C=O) groups is 1. The number of aryl methyl sites for hydroxylation is 2. The van der Waals surface area contributed by atoms with Crippen molar-refractivity contribution in [3.05, 3.63) is 79.7 Å². The number of carbonyl (C=O) groups excluding carboxylic acids is 1. The van der Waals surface area contributed by atoms with Crippen molar-refractivity contribution in [1.29, 1.82) is 0 Å². The van der Waals surface area contributed by atoms with Gasteiger partial charge in [0.2, 0.25) is 5.76 Å². The standard InChI is InChI=1S/C25H25ClN2O4/c1-15-12-19-20(13-16(15)2)32-24-21(23(19)29)22(17-4-3-5-18(26)14-17)28(25(24)30)7-6-27-8-10-31-11-9-27/h3-5,12-14,22H,6-11H2,1-2H3. The van der Waals surface area contributed by atoms with Crippen molar-refractivity contribution in [3.63, 3.8) is 0 Å². The summed E-state index contributed by atoms with van der Waals surface area (Å²) in [5.74, 6) is -0.117. The smallest absolute Gasteiger partial charge is 0.290 e. The second-order valence-corrected chi connectivity index (χ2v) is 8.95. The van der Waals surface area contributed by atoms with E-state index in [1.807, 2.05) is 44.2 Å². The van der Waals surface area contributed by atoms with Crippen LogP contribution in [0.3, 0.4) is 0 Å². The van der Waals surface area contributed by atoms with Gasteiger partial charge < -0.3 is 14.1 Å². The summed E-state index contributed by atoms with van der Waals surface area (Å²) < 4.78 is 11.5. The first-order chi connectivity index (χ1) is 15.4. The summed E-state index contributed by atoms with van der Waals surface area (Å²) in [6.45, 7) is 8.15. The lowest BCUT2D eigenvalue weighted by Gasteiger charge is -2.31. The summed E-state index contributed by atoms with van der Waals surface area (Å²) in [6.07, 6.45) is 0. The molecular weight excluding hydrogens is 428 g/mol. The van der Waals surface area contributed by atoms with Crippen LogP contribution in [0.15, 0.2) is 45.6 Å². The number of morpholine rings is 1. The first kappa shape index (κ1) is 21.2. The number of amides is 1. The Balaban J connectivity index is 1.63. The Morgan fingerprint density at radius 1 is 1.03 bits per heavy atom. The molecule has 1 unspecified atom stereocenters. The molecule has 0 bridgehead atoms. The number of hydrogen-bond donors (Lipinski definition) is 0. The Morgan fingerprint density at radius 2 is 1.78 bits per heavy atom. The van der Waals surface area contributed by atoms with Gasteiger partial charge in [-0.1, -0.05) is 23.7 Å². The molecule has 32 heavy (non-hydrogen) atoms. The monoisotopic (exact) mass is 452 g/mol. The first-order valence-corrected chi connectivity index (χ1v) is 11.3. The molecule has 7 heteroatoms. The summed E-state index contributed by atoms with van der Waals surface area (Å²) in [6, 6.07) is 10.5. The number of fused-ring (bicyclic) bond motifs is 2. The van der Waals surface area contributed by atoms with E-state index >= 15 is 0 Å². The van der Waals surface area contributed by atoms with E-state index in [0.29, 0.717) is 47.9 Å². The Labute approximate surface area is 191 Å². The highest BCUT2D eigenvalue weighted by atomic mass is 35.5. The van der Waals surface area contributed by atoms with Crippen LogP contribution in [0.2, 0.25) is 5.02 Å². The van der Waals surface area contributed by atoms with Gasteiger partial charge in [0.1, 0.15) is 5.58 Å². The third-order valence-corrected chi connectivity index (χ3v) is 6.74. The fourth-order valence-corrected chi connectivity index (χ4v) is 4.80. The predicted molar refractivity (Wildman–Crippen MR) is 124 cm³/mol. The van der Waals surface area contributed by atoms with Crippen LogP contribution >= 0.6 is 11.6 Å². The molecule has 166 valence electrons. The molecule has 1 saturated heterocycles. The second-order valence-electron chi connectivity index (χ2n) is 8.52. The van der Waals surface area contributed by atoms with Crippen molar-refractivity contribution < 1.29 is 13.9 Å². The Kier molecular flexibility index (Phi) is 5.53. The fraction of sp³-hybridized carbons (Fsp3) is 0.360. The van der Waals surface area contributed by atoms with Gasteiger partial charge in [-0.2, -0.15) is 0 Å². The van der Waals surface area contributed by atoms with Gasteiger partial charge >= 0.3 is 0 Å². The topological polar surface area (TPSA) is 63.0 Å². The molecule has 2 aromatic carbocycles. The van der Waals surface area contributed by atoms with Crippen molar-refractivity contribution in [3.8, 4) is 0 Å². The van der Waals surface area contributed by atoms with Crippen molar-refractivity contribution >= 4 is 28.5 Å². The van der Waals surface area contributed by atoms with Gasteiger partial charge in [-0.3, -0.25) is 14.5 Å². The molecule has 2 aliphatic heterocycles. The quantitative estimate of drug-likeness (QED) is 0.600. The number of halogens is 1. The SMILES string of the molecule is Cc1cc2oc3c(c(=O)c2cc1C)C(c1cccc(Cl)c1)N(CCN1CCOCC1)C3=O. The van der Waals surface area contributed by atoms with Crippen LogP contribution in [0.1, 0.15) is 38.9 Å². The van der Waals surface area contributed by atoms with Crippen molar-refractivity contribution in [2.75, 3.05) is 39.4 Å². The van der Waals surface area contributed by atoms with E-state index in [9.17, 15) is 9.59 Å². The molecule has 1 atom stereocenters. The lowest BCUT2D eigenvalue weighted by Crippen LogP contribution is -2.42. The zero-order valence-electron chi connectivity index (χ0n) is 18.2. The van der Waals surface area contributed by atoms with Gasteiger partial charge in [-0.25, -0.2) is 0 Å². The fourth-order valence-electron chi connectivity index (χ4n) is 4.60. The molecule has 0 saturated carbocycles. The van der Waals surface area contributed by atoms with E-state index in [2.05, 4.69) is 4.90 Å². The van der Waals surface area contributed by atoms with Crippen LogP contribution in [-0.4, -0.2) is 55.1 Å². The molecule has 3 aromatic rings. The van der Waals surface area contributed by atoms with E-state index < -0.39 is 6.04 Å². The molecule has 5 rings (SSSR count). The lowest BCUT2D eigenvalue weighted by molar-refractivity contribution is 0.0314. The predicted octanol–water partition coefficient (Wildman–Crippen LogP) is 3.94. The molecule has 1 amide bonds. The molecule has 1 fully saturated rings. The maximum atomic E-state index is 13.7. The third-order valence-electron chi connectivity index (χ3n) is 6.51. The minimum atomic E-state index is -0.528.